The van der Waals surface area contributed by atoms with Gasteiger partial charge in [0.1, 0.15) is 11.3 Å². The minimum atomic E-state index is -0.814. The van der Waals surface area contributed by atoms with Gasteiger partial charge < -0.3 is 19.5 Å². The smallest absolute Gasteiger partial charge is 0.272 e. The Morgan fingerprint density at radius 2 is 1.79 bits per heavy atom. The predicted molar refractivity (Wildman–Crippen MR) is 126 cm³/mol. The van der Waals surface area contributed by atoms with E-state index in [9.17, 15) is 14.5 Å². The summed E-state index contributed by atoms with van der Waals surface area (Å²) in [6.45, 7) is 0. The van der Waals surface area contributed by atoms with Crippen LogP contribution in [0.4, 0.5) is 21.6 Å². The van der Waals surface area contributed by atoms with Gasteiger partial charge in [-0.05, 0) is 24.3 Å². The van der Waals surface area contributed by atoms with Gasteiger partial charge in [-0.1, -0.05) is 0 Å². The molecule has 0 spiro atoms. The van der Waals surface area contributed by atoms with Gasteiger partial charge in [0.2, 0.25) is 5.75 Å². The van der Waals surface area contributed by atoms with Gasteiger partial charge >= 0.3 is 0 Å². The molecule has 2 aromatic carbocycles. The summed E-state index contributed by atoms with van der Waals surface area (Å²) in [5.41, 5.74) is 0.624. The molecule has 0 aliphatic heterocycles. The molecular weight excluding hydrogens is 469 g/mol. The minimum Gasteiger partial charge on any atom is -0.493 e. The van der Waals surface area contributed by atoms with Crippen LogP contribution in [0.5, 0.6) is 17.2 Å². The van der Waals surface area contributed by atoms with Crippen LogP contribution < -0.4 is 19.5 Å². The number of nitrogens with zero attached hydrogens (tertiary/aromatic N) is 4. The molecule has 0 saturated heterocycles. The number of pyridine rings is 1. The third-order valence-corrected chi connectivity index (χ3v) is 4.83. The van der Waals surface area contributed by atoms with E-state index >= 15 is 0 Å². The summed E-state index contributed by atoms with van der Waals surface area (Å²) < 4.78 is 31.1. The number of nitrogens with one attached hydrogen (secondary N) is 1. The molecular formula is C22H19ClFN5O5. The lowest BCUT2D eigenvalue weighted by molar-refractivity contribution is -0.385. The number of fused-ring (bicyclic) bond motifs is 1. The standard InChI is InChI=1S/C22H18FN5O5.ClH/c1-31-17-10-14-18(20(33-3)19(17)32-2)26-21(12-5-4-8-24-11-12)27-22(14)25-16-7-6-13(28(29)30)9-15(16)23;/h4-11H,1-3H3,(H,25,26,27);1H. The quantitative estimate of drug-likeness (QED) is 0.285. The summed E-state index contributed by atoms with van der Waals surface area (Å²) in [4.78, 5) is 23.6. The Morgan fingerprint density at radius 1 is 1.03 bits per heavy atom. The van der Waals surface area contributed by atoms with Crippen molar-refractivity contribution < 1.29 is 23.5 Å². The maximum atomic E-state index is 14.6. The summed E-state index contributed by atoms with van der Waals surface area (Å²) in [5.74, 6) is 0.692. The summed E-state index contributed by atoms with van der Waals surface area (Å²) >= 11 is 0. The van der Waals surface area contributed by atoms with E-state index in [2.05, 4.69) is 20.3 Å². The van der Waals surface area contributed by atoms with Crippen LogP contribution in [0.2, 0.25) is 0 Å². The van der Waals surface area contributed by atoms with Gasteiger partial charge in [0.05, 0.1) is 43.4 Å². The van der Waals surface area contributed by atoms with E-state index in [1.54, 1.807) is 30.6 Å². The van der Waals surface area contributed by atoms with Crippen LogP contribution >= 0.6 is 12.4 Å². The van der Waals surface area contributed by atoms with Gasteiger partial charge in [-0.3, -0.25) is 15.1 Å². The first kappa shape index (κ1) is 24.4. The van der Waals surface area contributed by atoms with Crippen molar-refractivity contribution in [3.63, 3.8) is 0 Å². The molecule has 0 bridgehead atoms. The predicted octanol–water partition coefficient (Wildman–Crippen LogP) is 4.93. The summed E-state index contributed by atoms with van der Waals surface area (Å²) in [6.07, 6.45) is 3.20. The van der Waals surface area contributed by atoms with Crippen LogP contribution in [0.25, 0.3) is 22.3 Å². The normalized spacial score (nSPS) is 10.4. The highest BCUT2D eigenvalue weighted by Gasteiger charge is 2.22. The van der Waals surface area contributed by atoms with Crippen molar-refractivity contribution in [2.75, 3.05) is 26.6 Å². The first-order valence-corrected chi connectivity index (χ1v) is 9.59. The van der Waals surface area contributed by atoms with Gasteiger partial charge in [0.25, 0.3) is 5.69 Å². The van der Waals surface area contributed by atoms with E-state index in [0.717, 1.165) is 6.07 Å². The van der Waals surface area contributed by atoms with Crippen molar-refractivity contribution in [3.05, 3.63) is 64.7 Å². The molecule has 2 aromatic heterocycles. The minimum absolute atomic E-state index is 0. The van der Waals surface area contributed by atoms with E-state index in [0.29, 0.717) is 39.5 Å². The molecule has 0 aliphatic carbocycles. The van der Waals surface area contributed by atoms with Crippen molar-refractivity contribution in [3.8, 4) is 28.6 Å². The molecule has 0 saturated carbocycles. The van der Waals surface area contributed by atoms with E-state index in [1.807, 2.05) is 0 Å². The zero-order valence-corrected chi connectivity index (χ0v) is 19.1. The summed E-state index contributed by atoms with van der Waals surface area (Å²) in [5, 5.41) is 14.3. The van der Waals surface area contributed by atoms with Crippen molar-refractivity contribution in [2.45, 2.75) is 0 Å². The number of hydrogen-bond donors (Lipinski definition) is 1. The molecule has 0 atom stereocenters. The third kappa shape index (κ3) is 4.46. The largest absolute Gasteiger partial charge is 0.493 e. The second kappa shape index (κ2) is 10.1. The van der Waals surface area contributed by atoms with Crippen molar-refractivity contribution in [2.24, 2.45) is 0 Å². The molecule has 0 radical (unpaired) electrons. The number of hydrogen-bond acceptors (Lipinski definition) is 9. The highest BCUT2D eigenvalue weighted by molar-refractivity contribution is 5.99. The van der Waals surface area contributed by atoms with Gasteiger partial charge in [0.15, 0.2) is 23.1 Å². The number of aromatic nitrogens is 3. The Labute approximate surface area is 199 Å². The van der Waals surface area contributed by atoms with Gasteiger partial charge in [0, 0.05) is 24.0 Å². The highest BCUT2D eigenvalue weighted by Crippen LogP contribution is 2.45. The number of non-ortho nitro benzene ring substituents is 1. The van der Waals surface area contributed by atoms with E-state index in [1.165, 1.54) is 33.5 Å². The summed E-state index contributed by atoms with van der Waals surface area (Å²) in [7, 11) is 4.41. The third-order valence-electron chi connectivity index (χ3n) is 4.83. The fourth-order valence-electron chi connectivity index (χ4n) is 3.30. The molecule has 4 rings (SSSR count). The molecule has 0 fully saturated rings. The average molecular weight is 488 g/mol. The van der Waals surface area contributed by atoms with Crippen molar-refractivity contribution in [1.82, 2.24) is 15.0 Å². The number of benzene rings is 2. The molecule has 34 heavy (non-hydrogen) atoms. The molecule has 0 unspecified atom stereocenters. The molecule has 4 aromatic rings. The van der Waals surface area contributed by atoms with Crippen LogP contribution in [0.3, 0.4) is 0 Å². The summed E-state index contributed by atoms with van der Waals surface area (Å²) in [6, 6.07) is 8.44. The topological polar surface area (TPSA) is 122 Å². The lowest BCUT2D eigenvalue weighted by atomic mass is 10.1. The lowest BCUT2D eigenvalue weighted by Crippen LogP contribution is -2.04. The van der Waals surface area contributed by atoms with E-state index < -0.39 is 10.7 Å². The molecule has 0 aliphatic rings. The highest BCUT2D eigenvalue weighted by atomic mass is 35.5. The van der Waals surface area contributed by atoms with Crippen LogP contribution in [0, 0.1) is 15.9 Å². The second-order valence-corrected chi connectivity index (χ2v) is 6.73. The van der Waals surface area contributed by atoms with Gasteiger partial charge in [-0.15, -0.1) is 12.4 Å². The van der Waals surface area contributed by atoms with E-state index in [4.69, 9.17) is 14.2 Å². The van der Waals surface area contributed by atoms with Gasteiger partial charge in [-0.25, -0.2) is 14.4 Å². The first-order valence-electron chi connectivity index (χ1n) is 9.59. The maximum absolute atomic E-state index is 14.6. The Hall–Kier alpha value is -4.25. The Morgan fingerprint density at radius 3 is 2.38 bits per heavy atom. The number of nitro groups is 1. The lowest BCUT2D eigenvalue weighted by Gasteiger charge is -2.17. The molecule has 10 nitrogen and oxygen atoms in total. The Balaban J connectivity index is 0.00000324. The molecule has 1 N–H and O–H groups in total. The second-order valence-electron chi connectivity index (χ2n) is 6.73. The number of rotatable bonds is 7. The fraction of sp³-hybridized carbons (Fsp3) is 0.136. The molecule has 176 valence electrons. The number of anilines is 2. The monoisotopic (exact) mass is 487 g/mol. The SMILES string of the molecule is COc1cc2c(Nc3ccc([N+](=O)[O-])cc3F)nc(-c3cccnc3)nc2c(OC)c1OC.Cl. The number of nitro benzene ring substituents is 1. The number of ether oxygens (including phenoxy) is 3. The molecule has 12 heteroatoms. The number of halogens is 2. The van der Waals surface area contributed by atoms with Crippen LogP contribution in [0.15, 0.2) is 48.8 Å². The Bertz CT molecular complexity index is 1360. The van der Waals surface area contributed by atoms with Crippen molar-refractivity contribution >= 4 is 40.5 Å². The van der Waals surface area contributed by atoms with Crippen LogP contribution in [-0.4, -0.2) is 41.2 Å². The van der Waals surface area contributed by atoms with Crippen molar-refractivity contribution in [1.29, 1.82) is 0 Å². The maximum Gasteiger partial charge on any atom is 0.272 e. The zero-order chi connectivity index (χ0) is 23.5. The zero-order valence-electron chi connectivity index (χ0n) is 18.2. The first-order chi connectivity index (χ1) is 16.0. The number of methoxy groups -OCH3 is 3. The average Bonchev–Trinajstić information content (AvgIpc) is 2.84. The Kier molecular flexibility index (Phi) is 7.27. The van der Waals surface area contributed by atoms with Gasteiger partial charge in [-0.2, -0.15) is 0 Å². The van der Waals surface area contributed by atoms with Crippen LogP contribution in [0.1, 0.15) is 0 Å². The van der Waals surface area contributed by atoms with E-state index in [-0.39, 0.29) is 29.6 Å². The fourth-order valence-corrected chi connectivity index (χ4v) is 3.30. The van der Waals surface area contributed by atoms with Crippen LogP contribution in [-0.2, 0) is 0 Å². The molecule has 2 heterocycles. The molecule has 0 amide bonds.